The monoisotopic (exact) mass is 290 g/mol. The van der Waals surface area contributed by atoms with Gasteiger partial charge in [-0.15, -0.1) is 0 Å². The molecule has 1 aliphatic rings. The minimum atomic E-state index is -0.0957. The fourth-order valence-corrected chi connectivity index (χ4v) is 2.32. The van der Waals surface area contributed by atoms with E-state index < -0.39 is 0 Å². The first-order valence-electron chi connectivity index (χ1n) is 5.67. The molecule has 0 aromatic heterocycles. The molecule has 17 heavy (non-hydrogen) atoms. The van der Waals surface area contributed by atoms with Crippen molar-refractivity contribution in [1.29, 1.82) is 0 Å². The van der Waals surface area contributed by atoms with Crippen molar-refractivity contribution < 1.29 is 4.79 Å². The summed E-state index contributed by atoms with van der Waals surface area (Å²) in [4.78, 5) is 12.3. The summed E-state index contributed by atoms with van der Waals surface area (Å²) >= 11 is 3.68. The molecule has 0 fully saturated rings. The lowest BCUT2D eigenvalue weighted by molar-refractivity contribution is 0.102. The van der Waals surface area contributed by atoms with Crippen molar-refractivity contribution >= 4 is 21.7 Å². The Kier molecular flexibility index (Phi) is 3.34. The molecular weight excluding hydrogens is 276 g/mol. The third kappa shape index (κ3) is 2.58. The fourth-order valence-electron chi connectivity index (χ4n) is 1.89. The minimum Gasteiger partial charge on any atom is -0.289 e. The summed E-state index contributed by atoms with van der Waals surface area (Å²) in [5, 5.41) is 0. The van der Waals surface area contributed by atoms with Gasteiger partial charge in [0, 0.05) is 15.5 Å². The fraction of sp³-hybridized carbons (Fsp3) is 0.267. The maximum atomic E-state index is 12.3. The Balaban J connectivity index is 2.29. The van der Waals surface area contributed by atoms with Gasteiger partial charge < -0.3 is 0 Å². The Morgan fingerprint density at radius 3 is 2.47 bits per heavy atom. The lowest BCUT2D eigenvalue weighted by Crippen LogP contribution is -2.23. The van der Waals surface area contributed by atoms with Crippen LogP contribution in [-0.2, 0) is 0 Å². The van der Waals surface area contributed by atoms with Crippen LogP contribution in [0.4, 0.5) is 0 Å². The molecule has 0 amide bonds. The van der Waals surface area contributed by atoms with Crippen molar-refractivity contribution in [2.45, 2.75) is 24.6 Å². The Morgan fingerprint density at radius 2 is 1.88 bits per heavy atom. The number of hydrogen-bond donors (Lipinski definition) is 0. The van der Waals surface area contributed by atoms with E-state index in [0.29, 0.717) is 0 Å². The molecule has 1 unspecified atom stereocenters. The topological polar surface area (TPSA) is 17.1 Å². The van der Waals surface area contributed by atoms with E-state index in [-0.39, 0.29) is 10.1 Å². The van der Waals surface area contributed by atoms with Gasteiger partial charge in [-0.05, 0) is 20.3 Å². The summed E-state index contributed by atoms with van der Waals surface area (Å²) in [7, 11) is 0. The van der Waals surface area contributed by atoms with E-state index in [1.807, 2.05) is 42.5 Å². The molecule has 0 N–H and O–H groups in total. The van der Waals surface area contributed by atoms with Crippen molar-refractivity contribution in [3.63, 3.8) is 0 Å². The number of alkyl halides is 1. The summed E-state index contributed by atoms with van der Waals surface area (Å²) in [5.74, 6) is 0.125. The van der Waals surface area contributed by atoms with E-state index >= 15 is 0 Å². The number of hydrogen-bond acceptors (Lipinski definition) is 1. The number of rotatable bonds is 2. The molecule has 1 aromatic rings. The second-order valence-electron chi connectivity index (χ2n) is 4.61. The van der Waals surface area contributed by atoms with Crippen LogP contribution in [0.3, 0.4) is 0 Å². The summed E-state index contributed by atoms with van der Waals surface area (Å²) in [6, 6.07) is 9.43. The van der Waals surface area contributed by atoms with Gasteiger partial charge in [-0.2, -0.15) is 0 Å². The first-order chi connectivity index (χ1) is 8.00. The number of carbonyl (C=O) groups excluding carboxylic acids is 1. The Morgan fingerprint density at radius 1 is 1.24 bits per heavy atom. The van der Waals surface area contributed by atoms with Gasteiger partial charge in [0.05, 0.1) is 0 Å². The van der Waals surface area contributed by atoms with Crippen LogP contribution in [0.25, 0.3) is 0 Å². The van der Waals surface area contributed by atoms with Crippen molar-refractivity contribution in [3.8, 4) is 0 Å². The van der Waals surface area contributed by atoms with Gasteiger partial charge in [0.15, 0.2) is 5.78 Å². The van der Waals surface area contributed by atoms with E-state index in [1.165, 1.54) is 5.57 Å². The molecule has 1 atom stereocenters. The largest absolute Gasteiger partial charge is 0.289 e. The molecule has 0 aliphatic heterocycles. The second kappa shape index (κ2) is 4.61. The van der Waals surface area contributed by atoms with E-state index in [1.54, 1.807) is 0 Å². The van der Waals surface area contributed by atoms with Crippen molar-refractivity contribution in [1.82, 2.24) is 0 Å². The highest BCUT2D eigenvalue weighted by Gasteiger charge is 2.29. The predicted octanol–water partition coefficient (Wildman–Crippen LogP) is 4.30. The molecule has 1 aromatic carbocycles. The van der Waals surface area contributed by atoms with Gasteiger partial charge >= 0.3 is 0 Å². The third-order valence-electron chi connectivity index (χ3n) is 3.21. The van der Waals surface area contributed by atoms with Crippen LogP contribution in [0, 0.1) is 0 Å². The number of benzene rings is 1. The highest BCUT2D eigenvalue weighted by atomic mass is 79.9. The molecule has 88 valence electrons. The Labute approximate surface area is 110 Å². The molecule has 0 bridgehead atoms. The quantitative estimate of drug-likeness (QED) is 0.586. The minimum absolute atomic E-state index is 0.0957. The highest BCUT2D eigenvalue weighted by molar-refractivity contribution is 9.10. The molecule has 0 saturated heterocycles. The number of ketones is 1. The van der Waals surface area contributed by atoms with Crippen LogP contribution in [0.1, 0.15) is 30.6 Å². The van der Waals surface area contributed by atoms with Crippen molar-refractivity contribution in [3.05, 3.63) is 59.2 Å². The molecule has 1 aliphatic carbocycles. The first-order valence-corrected chi connectivity index (χ1v) is 6.46. The lowest BCUT2D eigenvalue weighted by atomic mass is 9.86. The van der Waals surface area contributed by atoms with Crippen LogP contribution < -0.4 is 0 Å². The Hall–Kier alpha value is -1.15. The molecule has 0 spiro atoms. The molecule has 0 radical (unpaired) electrons. The summed E-state index contributed by atoms with van der Waals surface area (Å²) in [5.41, 5.74) is 2.87. The zero-order valence-corrected chi connectivity index (χ0v) is 11.6. The van der Waals surface area contributed by atoms with Gasteiger partial charge in [0.2, 0.25) is 0 Å². The second-order valence-corrected chi connectivity index (χ2v) is 6.36. The average Bonchev–Trinajstić information content (AvgIpc) is 2.33. The van der Waals surface area contributed by atoms with Gasteiger partial charge in [0.1, 0.15) is 0 Å². The van der Waals surface area contributed by atoms with Crippen LogP contribution in [0.15, 0.2) is 53.6 Å². The smallest absolute Gasteiger partial charge is 0.189 e. The third-order valence-corrected chi connectivity index (χ3v) is 4.11. The highest BCUT2D eigenvalue weighted by Crippen LogP contribution is 2.37. The van der Waals surface area contributed by atoms with Crippen LogP contribution in [0.5, 0.6) is 0 Å². The SMILES string of the molecule is CC1=CC=C(C(=O)c2ccccc2)CC1(C)Br. The average molecular weight is 291 g/mol. The van der Waals surface area contributed by atoms with E-state index in [9.17, 15) is 4.79 Å². The van der Waals surface area contributed by atoms with Crippen LogP contribution in [-0.4, -0.2) is 10.1 Å². The maximum absolute atomic E-state index is 12.3. The molecule has 0 heterocycles. The van der Waals surface area contributed by atoms with E-state index in [2.05, 4.69) is 29.8 Å². The number of halogens is 1. The van der Waals surface area contributed by atoms with Gasteiger partial charge in [-0.3, -0.25) is 4.79 Å². The molecule has 1 nitrogen and oxygen atoms in total. The zero-order chi connectivity index (χ0) is 12.5. The maximum Gasteiger partial charge on any atom is 0.189 e. The first kappa shape index (κ1) is 12.3. The summed E-state index contributed by atoms with van der Waals surface area (Å²) < 4.78 is -0.0957. The molecular formula is C15H15BrO. The standard InChI is InChI=1S/C15H15BrO/c1-11-8-9-13(10-15(11,2)16)14(17)12-6-4-3-5-7-12/h3-9H,10H2,1-2H3. The lowest BCUT2D eigenvalue weighted by Gasteiger charge is -2.27. The van der Waals surface area contributed by atoms with Crippen LogP contribution in [0.2, 0.25) is 0 Å². The summed E-state index contributed by atoms with van der Waals surface area (Å²) in [6.07, 6.45) is 4.70. The number of carbonyl (C=O) groups is 1. The van der Waals surface area contributed by atoms with E-state index in [0.717, 1.165) is 17.6 Å². The number of Topliss-reactive ketones (excluding diaryl/α,β-unsaturated/α-hetero) is 1. The van der Waals surface area contributed by atoms with Crippen molar-refractivity contribution in [2.24, 2.45) is 0 Å². The van der Waals surface area contributed by atoms with Crippen LogP contribution >= 0.6 is 15.9 Å². The number of allylic oxidation sites excluding steroid dienone is 4. The van der Waals surface area contributed by atoms with Gasteiger partial charge in [-0.25, -0.2) is 0 Å². The van der Waals surface area contributed by atoms with E-state index in [4.69, 9.17) is 0 Å². The Bertz CT molecular complexity index is 495. The predicted molar refractivity (Wildman–Crippen MR) is 74.6 cm³/mol. The van der Waals surface area contributed by atoms with Gasteiger partial charge in [-0.1, -0.05) is 64.0 Å². The molecule has 2 rings (SSSR count). The normalized spacial score (nSPS) is 23.9. The molecule has 2 heteroatoms. The van der Waals surface area contributed by atoms with Crippen molar-refractivity contribution in [2.75, 3.05) is 0 Å². The summed E-state index contributed by atoms with van der Waals surface area (Å²) in [6.45, 7) is 4.18. The zero-order valence-electron chi connectivity index (χ0n) is 10.0. The molecule has 0 saturated carbocycles. The van der Waals surface area contributed by atoms with Gasteiger partial charge in [0.25, 0.3) is 0 Å².